The van der Waals surface area contributed by atoms with Crippen LogP contribution in [-0.4, -0.2) is 44.1 Å². The third-order valence-corrected chi connectivity index (χ3v) is 4.20. The molecule has 1 fully saturated rings. The highest BCUT2D eigenvalue weighted by Crippen LogP contribution is 2.38. The van der Waals surface area contributed by atoms with Gasteiger partial charge in [0.15, 0.2) is 0 Å². The van der Waals surface area contributed by atoms with Crippen molar-refractivity contribution in [3.05, 3.63) is 24.3 Å². The molecule has 1 N–H and O–H groups in total. The first-order valence-corrected chi connectivity index (χ1v) is 7.34. The number of benzene rings is 1. The Morgan fingerprint density at radius 2 is 2.09 bits per heavy atom. The van der Waals surface area contributed by atoms with Crippen LogP contribution in [0.5, 0.6) is 0 Å². The Labute approximate surface area is 133 Å². The number of esters is 1. The summed E-state index contributed by atoms with van der Waals surface area (Å²) in [4.78, 5) is 38.5. The van der Waals surface area contributed by atoms with E-state index >= 15 is 0 Å². The molecule has 23 heavy (non-hydrogen) atoms. The molecule has 2 aliphatic heterocycles. The number of methoxy groups -OCH3 is 1. The van der Waals surface area contributed by atoms with Gasteiger partial charge in [-0.1, -0.05) is 12.1 Å². The van der Waals surface area contributed by atoms with Crippen LogP contribution in [0.15, 0.2) is 24.3 Å². The van der Waals surface area contributed by atoms with Gasteiger partial charge in [0.05, 0.1) is 43.5 Å². The van der Waals surface area contributed by atoms with E-state index in [1.807, 2.05) is 0 Å². The second-order valence-corrected chi connectivity index (χ2v) is 6.03. The largest absolute Gasteiger partial charge is 0.469 e. The Bertz CT molecular complexity index is 668. The van der Waals surface area contributed by atoms with Crippen LogP contribution >= 0.6 is 0 Å². The molecular weight excluding hydrogens is 300 g/mol. The fourth-order valence-electron chi connectivity index (χ4n) is 2.79. The minimum absolute atomic E-state index is 0.195. The lowest BCUT2D eigenvalue weighted by atomic mass is 9.85. The van der Waals surface area contributed by atoms with Crippen molar-refractivity contribution in [2.75, 3.05) is 30.5 Å². The molecule has 0 radical (unpaired) electrons. The summed E-state index contributed by atoms with van der Waals surface area (Å²) in [5.41, 5.74) is 0.453. The van der Waals surface area contributed by atoms with Crippen molar-refractivity contribution in [3.63, 3.8) is 0 Å². The Balaban J connectivity index is 2.02. The van der Waals surface area contributed by atoms with Crippen LogP contribution in [0.1, 0.15) is 13.3 Å². The molecule has 122 valence electrons. The second-order valence-electron chi connectivity index (χ2n) is 6.03. The van der Waals surface area contributed by atoms with Crippen LogP contribution in [0.3, 0.4) is 0 Å². The predicted molar refractivity (Wildman–Crippen MR) is 81.9 cm³/mol. The monoisotopic (exact) mass is 318 g/mol. The van der Waals surface area contributed by atoms with Crippen molar-refractivity contribution >= 4 is 29.2 Å². The number of para-hydroxylation sites is 2. The van der Waals surface area contributed by atoms with E-state index in [0.29, 0.717) is 24.6 Å². The zero-order chi connectivity index (χ0) is 16.6. The molecule has 1 atom stereocenters. The van der Waals surface area contributed by atoms with E-state index < -0.39 is 23.3 Å². The van der Waals surface area contributed by atoms with Gasteiger partial charge in [0.1, 0.15) is 6.04 Å². The lowest BCUT2D eigenvalue weighted by molar-refractivity contribution is -0.156. The zero-order valence-corrected chi connectivity index (χ0v) is 13.0. The van der Waals surface area contributed by atoms with Crippen LogP contribution in [-0.2, 0) is 23.9 Å². The summed E-state index contributed by atoms with van der Waals surface area (Å²) >= 11 is 0. The van der Waals surface area contributed by atoms with Crippen LogP contribution in [0, 0.1) is 5.41 Å². The quantitative estimate of drug-likeness (QED) is 0.838. The molecule has 7 heteroatoms. The smallest absolute Gasteiger partial charge is 0.308 e. The van der Waals surface area contributed by atoms with Gasteiger partial charge in [0.2, 0.25) is 11.8 Å². The number of amides is 2. The fourth-order valence-corrected chi connectivity index (χ4v) is 2.79. The van der Waals surface area contributed by atoms with Crippen molar-refractivity contribution in [2.24, 2.45) is 5.41 Å². The van der Waals surface area contributed by atoms with Gasteiger partial charge >= 0.3 is 5.97 Å². The number of hydrogen-bond donors (Lipinski definition) is 1. The molecule has 2 aliphatic rings. The lowest BCUT2D eigenvalue weighted by Crippen LogP contribution is -2.60. The molecule has 1 saturated heterocycles. The molecule has 0 spiro atoms. The highest BCUT2D eigenvalue weighted by molar-refractivity contribution is 6.14. The summed E-state index contributed by atoms with van der Waals surface area (Å²) in [6, 6.07) is 6.10. The van der Waals surface area contributed by atoms with Crippen molar-refractivity contribution in [1.82, 2.24) is 0 Å². The van der Waals surface area contributed by atoms with Crippen LogP contribution in [0.4, 0.5) is 11.4 Å². The molecule has 7 nitrogen and oxygen atoms in total. The Kier molecular flexibility index (Phi) is 3.81. The Morgan fingerprint density at radius 3 is 2.70 bits per heavy atom. The highest BCUT2D eigenvalue weighted by Gasteiger charge is 2.49. The summed E-state index contributed by atoms with van der Waals surface area (Å²) in [7, 11) is 1.25. The minimum atomic E-state index is -0.928. The van der Waals surface area contributed by atoms with E-state index in [9.17, 15) is 14.4 Å². The molecule has 0 aromatic heterocycles. The van der Waals surface area contributed by atoms with Gasteiger partial charge in [-0.25, -0.2) is 0 Å². The maximum Gasteiger partial charge on any atom is 0.308 e. The lowest BCUT2D eigenvalue weighted by Gasteiger charge is -2.44. The normalized spacial score (nSPS) is 21.7. The number of nitrogens with zero attached hydrogens (tertiary/aromatic N) is 1. The Hall–Kier alpha value is -2.41. The maximum absolute atomic E-state index is 13.0. The molecule has 0 bridgehead atoms. The molecule has 2 amide bonds. The molecule has 1 aromatic carbocycles. The molecular formula is C16H18N2O5. The number of hydrogen-bond acceptors (Lipinski definition) is 5. The Morgan fingerprint density at radius 1 is 1.39 bits per heavy atom. The average Bonchev–Trinajstić information content (AvgIpc) is 2.52. The molecule has 3 rings (SSSR count). The molecule has 1 unspecified atom stereocenters. The second kappa shape index (κ2) is 5.66. The third-order valence-electron chi connectivity index (χ3n) is 4.20. The average molecular weight is 318 g/mol. The van der Waals surface area contributed by atoms with Crippen molar-refractivity contribution in [1.29, 1.82) is 0 Å². The van der Waals surface area contributed by atoms with Gasteiger partial charge in [-0.15, -0.1) is 0 Å². The van der Waals surface area contributed by atoms with E-state index in [-0.39, 0.29) is 12.3 Å². The number of carbonyl (C=O) groups excluding carboxylic acids is 3. The van der Waals surface area contributed by atoms with Crippen molar-refractivity contribution < 1.29 is 23.9 Å². The van der Waals surface area contributed by atoms with Gasteiger partial charge in [0, 0.05) is 0 Å². The predicted octanol–water partition coefficient (Wildman–Crippen LogP) is 0.940. The first-order chi connectivity index (χ1) is 11.0. The van der Waals surface area contributed by atoms with Crippen molar-refractivity contribution in [2.45, 2.75) is 19.4 Å². The van der Waals surface area contributed by atoms with Gasteiger partial charge in [0.25, 0.3) is 0 Å². The number of fused-ring (bicyclic) bond motifs is 1. The number of ether oxygens (including phenoxy) is 2. The summed E-state index contributed by atoms with van der Waals surface area (Å²) in [5, 5.41) is 2.74. The van der Waals surface area contributed by atoms with E-state index in [1.165, 1.54) is 12.0 Å². The minimum Gasteiger partial charge on any atom is -0.469 e. The number of rotatable bonds is 3. The van der Waals surface area contributed by atoms with E-state index in [4.69, 9.17) is 4.74 Å². The standard InChI is InChI=1S/C16H18N2O5/c1-16(8-23-9-16)15(21)18-11-6-4-3-5-10(11)17-14(20)12(18)7-13(19)22-2/h3-6,12H,7-9H2,1-2H3,(H,17,20). The van der Waals surface area contributed by atoms with Gasteiger partial charge in [-0.2, -0.15) is 0 Å². The van der Waals surface area contributed by atoms with E-state index in [2.05, 4.69) is 10.1 Å². The van der Waals surface area contributed by atoms with Crippen molar-refractivity contribution in [3.8, 4) is 0 Å². The van der Waals surface area contributed by atoms with Crippen LogP contribution < -0.4 is 10.2 Å². The summed E-state index contributed by atoms with van der Waals surface area (Å²) in [6.45, 7) is 2.40. The molecule has 0 saturated carbocycles. The third kappa shape index (κ3) is 2.57. The summed E-state index contributed by atoms with van der Waals surface area (Å²) in [6.07, 6.45) is -0.195. The van der Waals surface area contributed by atoms with Crippen LogP contribution in [0.25, 0.3) is 0 Å². The van der Waals surface area contributed by atoms with Gasteiger partial charge < -0.3 is 14.8 Å². The molecule has 1 aromatic rings. The SMILES string of the molecule is COC(=O)CC1C(=O)Nc2ccccc2N1C(=O)C1(C)COC1. The number of anilines is 2. The number of nitrogens with one attached hydrogen (secondary N) is 1. The topological polar surface area (TPSA) is 84.9 Å². The summed E-state index contributed by atoms with van der Waals surface area (Å²) < 4.78 is 9.82. The van der Waals surface area contributed by atoms with Gasteiger partial charge in [-0.3, -0.25) is 19.3 Å². The maximum atomic E-state index is 13.0. The van der Waals surface area contributed by atoms with E-state index in [1.54, 1.807) is 31.2 Å². The molecule has 2 heterocycles. The van der Waals surface area contributed by atoms with Gasteiger partial charge in [-0.05, 0) is 19.1 Å². The van der Waals surface area contributed by atoms with Crippen LogP contribution in [0.2, 0.25) is 0 Å². The fraction of sp³-hybridized carbons (Fsp3) is 0.438. The number of carbonyl (C=O) groups is 3. The first kappa shape index (κ1) is 15.5. The first-order valence-electron chi connectivity index (χ1n) is 7.34. The molecule has 0 aliphatic carbocycles. The summed E-state index contributed by atoms with van der Waals surface area (Å²) in [5.74, 6) is -1.16. The van der Waals surface area contributed by atoms with E-state index in [0.717, 1.165) is 0 Å². The highest BCUT2D eigenvalue weighted by atomic mass is 16.5. The zero-order valence-electron chi connectivity index (χ0n) is 13.0.